The Balaban J connectivity index is 1.45. The van der Waals surface area contributed by atoms with E-state index in [2.05, 4.69) is 30.5 Å². The van der Waals surface area contributed by atoms with Gasteiger partial charge in [0.05, 0.1) is 5.52 Å². The monoisotopic (exact) mass is 411 g/mol. The van der Waals surface area contributed by atoms with Crippen molar-refractivity contribution in [1.82, 2.24) is 30.0 Å². The Labute approximate surface area is 178 Å². The fourth-order valence-corrected chi connectivity index (χ4v) is 3.55. The van der Waals surface area contributed by atoms with Gasteiger partial charge in [0, 0.05) is 53.5 Å². The van der Waals surface area contributed by atoms with E-state index in [0.717, 1.165) is 38.8 Å². The van der Waals surface area contributed by atoms with Crippen LogP contribution in [0.2, 0.25) is 0 Å². The lowest BCUT2D eigenvalue weighted by molar-refractivity contribution is 0.0823. The van der Waals surface area contributed by atoms with E-state index in [0.29, 0.717) is 17.3 Å². The van der Waals surface area contributed by atoms with Gasteiger partial charge in [0.15, 0.2) is 5.82 Å². The summed E-state index contributed by atoms with van der Waals surface area (Å²) in [6, 6.07) is 15.6. The lowest BCUT2D eigenvalue weighted by Crippen LogP contribution is -2.21. The predicted molar refractivity (Wildman–Crippen MR) is 121 cm³/mol. The van der Waals surface area contributed by atoms with Crippen molar-refractivity contribution >= 4 is 39.2 Å². The van der Waals surface area contributed by atoms with E-state index >= 15 is 0 Å². The number of hydrogen-bond acceptors (Lipinski definition) is 5. The fraction of sp³-hybridized carbons (Fsp3) is 0.130. The van der Waals surface area contributed by atoms with Crippen molar-refractivity contribution in [3.63, 3.8) is 0 Å². The summed E-state index contributed by atoms with van der Waals surface area (Å²) >= 11 is 0. The summed E-state index contributed by atoms with van der Waals surface area (Å²) in [6.45, 7) is 2.00. The third kappa shape index (κ3) is 3.48. The van der Waals surface area contributed by atoms with Crippen LogP contribution in [-0.2, 0) is 0 Å². The van der Waals surface area contributed by atoms with Crippen LogP contribution in [0.1, 0.15) is 16.2 Å². The molecule has 154 valence electrons. The Morgan fingerprint density at radius 2 is 1.94 bits per heavy atom. The van der Waals surface area contributed by atoms with Crippen LogP contribution >= 0.6 is 0 Å². The number of rotatable bonds is 4. The van der Waals surface area contributed by atoms with E-state index < -0.39 is 0 Å². The molecule has 8 heteroatoms. The molecule has 3 N–H and O–H groups in total. The molecule has 8 nitrogen and oxygen atoms in total. The van der Waals surface area contributed by atoms with Gasteiger partial charge in [-0.3, -0.25) is 9.89 Å². The Hall–Kier alpha value is -4.20. The quantitative estimate of drug-likeness (QED) is 0.410. The van der Waals surface area contributed by atoms with Crippen LogP contribution in [0, 0.1) is 6.92 Å². The predicted octanol–water partition coefficient (Wildman–Crippen LogP) is 4.26. The number of amides is 1. The second-order valence-corrected chi connectivity index (χ2v) is 7.66. The third-order valence-corrected chi connectivity index (χ3v) is 5.19. The summed E-state index contributed by atoms with van der Waals surface area (Å²) in [5.41, 5.74) is 5.16. The molecule has 0 radical (unpaired) electrons. The molecular weight excluding hydrogens is 390 g/mol. The normalized spacial score (nSPS) is 11.2. The average molecular weight is 411 g/mol. The first-order valence-corrected chi connectivity index (χ1v) is 9.87. The molecule has 0 saturated heterocycles. The van der Waals surface area contributed by atoms with E-state index in [4.69, 9.17) is 0 Å². The first-order chi connectivity index (χ1) is 15.0. The molecule has 0 spiro atoms. The molecule has 5 rings (SSSR count). The number of fused-ring (bicyclic) bond motifs is 2. The smallest absolute Gasteiger partial charge is 0.269 e. The lowest BCUT2D eigenvalue weighted by Gasteiger charge is -2.08. The van der Waals surface area contributed by atoms with Crippen molar-refractivity contribution in [3.05, 3.63) is 66.1 Å². The van der Waals surface area contributed by atoms with Crippen LogP contribution in [0.3, 0.4) is 0 Å². The van der Waals surface area contributed by atoms with Gasteiger partial charge in [-0.15, -0.1) is 0 Å². The van der Waals surface area contributed by atoms with Crippen LogP contribution in [0.5, 0.6) is 0 Å². The summed E-state index contributed by atoms with van der Waals surface area (Å²) < 4.78 is 0. The van der Waals surface area contributed by atoms with Gasteiger partial charge >= 0.3 is 0 Å². The maximum absolute atomic E-state index is 12.2. The maximum atomic E-state index is 12.2. The molecule has 1 amide bonds. The SMILES string of the molecule is Cc1[nH]nc2ccc(Nc3ccnc(-c4ccc5cc(C(=O)N(C)C)[nH]c5c4)n3)cc12. The molecule has 3 aromatic heterocycles. The Morgan fingerprint density at radius 1 is 1.06 bits per heavy atom. The third-order valence-electron chi connectivity index (χ3n) is 5.19. The van der Waals surface area contributed by atoms with Gasteiger partial charge in [0.1, 0.15) is 11.5 Å². The largest absolute Gasteiger partial charge is 0.351 e. The molecule has 31 heavy (non-hydrogen) atoms. The van der Waals surface area contributed by atoms with Crippen molar-refractivity contribution in [2.45, 2.75) is 6.92 Å². The summed E-state index contributed by atoms with van der Waals surface area (Å²) in [7, 11) is 3.47. The number of carbonyl (C=O) groups is 1. The molecule has 3 heterocycles. The van der Waals surface area contributed by atoms with E-state index in [1.165, 1.54) is 0 Å². The number of aromatic nitrogens is 5. The van der Waals surface area contributed by atoms with E-state index in [-0.39, 0.29) is 5.91 Å². The molecule has 0 aliphatic carbocycles. The van der Waals surface area contributed by atoms with Gasteiger partial charge in [-0.25, -0.2) is 9.97 Å². The number of nitrogens with one attached hydrogen (secondary N) is 3. The zero-order chi connectivity index (χ0) is 21.5. The first-order valence-electron chi connectivity index (χ1n) is 9.87. The standard InChI is InChI=1S/C23H21N7O/c1-13-17-12-16(6-7-18(17)29-28-13)25-21-8-9-24-22(27-21)15-5-4-14-10-20(23(31)30(2)3)26-19(14)11-15/h4-12,26H,1-3H3,(H,28,29)(H,24,25,27). The van der Waals surface area contributed by atoms with Crippen molar-refractivity contribution in [2.75, 3.05) is 19.4 Å². The summed E-state index contributed by atoms with van der Waals surface area (Å²) in [5.74, 6) is 1.23. The van der Waals surface area contributed by atoms with Crippen LogP contribution in [0.15, 0.2) is 54.7 Å². The molecule has 0 atom stereocenters. The number of carbonyl (C=O) groups excluding carboxylic acids is 1. The van der Waals surface area contributed by atoms with E-state index in [1.807, 2.05) is 55.5 Å². The van der Waals surface area contributed by atoms with Gasteiger partial charge in [-0.1, -0.05) is 12.1 Å². The molecule has 0 saturated carbocycles. The molecule has 0 fully saturated rings. The van der Waals surface area contributed by atoms with E-state index in [9.17, 15) is 4.79 Å². The van der Waals surface area contributed by atoms with Crippen LogP contribution in [0.25, 0.3) is 33.2 Å². The Morgan fingerprint density at radius 3 is 2.77 bits per heavy atom. The summed E-state index contributed by atoms with van der Waals surface area (Å²) in [4.78, 5) is 26.1. The maximum Gasteiger partial charge on any atom is 0.269 e. The number of aryl methyl sites for hydroxylation is 1. The Kier molecular flexibility index (Phi) is 4.39. The number of H-pyrrole nitrogens is 2. The minimum Gasteiger partial charge on any atom is -0.351 e. The van der Waals surface area contributed by atoms with Gasteiger partial charge in [-0.2, -0.15) is 5.10 Å². The van der Waals surface area contributed by atoms with E-state index in [1.54, 1.807) is 25.2 Å². The highest BCUT2D eigenvalue weighted by Gasteiger charge is 2.12. The van der Waals surface area contributed by atoms with Crippen LogP contribution in [-0.4, -0.2) is 50.1 Å². The van der Waals surface area contributed by atoms with Crippen LogP contribution < -0.4 is 5.32 Å². The second kappa shape index (κ2) is 7.24. The number of anilines is 2. The van der Waals surface area contributed by atoms with Crippen molar-refractivity contribution in [3.8, 4) is 11.4 Å². The number of hydrogen-bond donors (Lipinski definition) is 3. The molecule has 0 aliphatic heterocycles. The minimum atomic E-state index is -0.0648. The van der Waals surface area contributed by atoms with Crippen molar-refractivity contribution in [2.24, 2.45) is 0 Å². The van der Waals surface area contributed by atoms with Crippen molar-refractivity contribution in [1.29, 1.82) is 0 Å². The fourth-order valence-electron chi connectivity index (χ4n) is 3.55. The van der Waals surface area contributed by atoms with Gasteiger partial charge < -0.3 is 15.2 Å². The Bertz CT molecular complexity index is 1430. The minimum absolute atomic E-state index is 0.0648. The molecule has 2 aromatic carbocycles. The molecular formula is C23H21N7O. The molecule has 0 bridgehead atoms. The molecule has 5 aromatic rings. The average Bonchev–Trinajstić information content (AvgIpc) is 3.36. The highest BCUT2D eigenvalue weighted by molar-refractivity contribution is 5.98. The highest BCUT2D eigenvalue weighted by atomic mass is 16.2. The number of aromatic amines is 2. The van der Waals surface area contributed by atoms with Gasteiger partial charge in [0.2, 0.25) is 0 Å². The topological polar surface area (TPSA) is 103 Å². The molecule has 0 aliphatic rings. The lowest BCUT2D eigenvalue weighted by atomic mass is 10.1. The first kappa shape index (κ1) is 18.8. The second-order valence-electron chi connectivity index (χ2n) is 7.66. The number of benzene rings is 2. The van der Waals surface area contributed by atoms with Crippen LogP contribution in [0.4, 0.5) is 11.5 Å². The zero-order valence-corrected chi connectivity index (χ0v) is 17.4. The van der Waals surface area contributed by atoms with Crippen molar-refractivity contribution < 1.29 is 4.79 Å². The summed E-state index contributed by atoms with van der Waals surface area (Å²) in [5, 5.41) is 12.6. The van der Waals surface area contributed by atoms with Gasteiger partial charge in [0.25, 0.3) is 5.91 Å². The summed E-state index contributed by atoms with van der Waals surface area (Å²) in [6.07, 6.45) is 1.73. The zero-order valence-electron chi connectivity index (χ0n) is 17.4. The molecule has 0 unspecified atom stereocenters. The highest BCUT2D eigenvalue weighted by Crippen LogP contribution is 2.26. The van der Waals surface area contributed by atoms with Gasteiger partial charge in [-0.05, 0) is 43.3 Å². The number of nitrogens with zero attached hydrogens (tertiary/aromatic N) is 4.